The number of hydrazone groups is 1. The van der Waals surface area contributed by atoms with E-state index in [9.17, 15) is 4.79 Å². The Morgan fingerprint density at radius 2 is 2.06 bits per heavy atom. The zero-order chi connectivity index (χ0) is 11.0. The number of carbonyl (C=O) groups is 1. The van der Waals surface area contributed by atoms with E-state index in [0.717, 1.165) is 28.0 Å². The van der Waals surface area contributed by atoms with Crippen molar-refractivity contribution in [2.45, 2.75) is 6.92 Å². The number of hydrogen-bond acceptors (Lipinski definition) is 4. The van der Waals surface area contributed by atoms with Gasteiger partial charge in [0.2, 0.25) is 0 Å². The number of hydrogen-bond donors (Lipinski definition) is 2. The van der Waals surface area contributed by atoms with Crippen LogP contribution in [0.25, 0.3) is 0 Å². The minimum absolute atomic E-state index is 0. The first kappa shape index (κ1) is 20.9. The van der Waals surface area contributed by atoms with Crippen LogP contribution in [-0.2, 0) is 21.0 Å². The molecule has 91 valence electrons. The molecule has 1 rings (SSSR count). The van der Waals surface area contributed by atoms with E-state index in [1.807, 2.05) is 24.4 Å². The first-order chi connectivity index (χ1) is 6.70. The third-order valence-electron chi connectivity index (χ3n) is 1.21. The van der Waals surface area contributed by atoms with Crippen LogP contribution in [0.15, 0.2) is 22.6 Å². The summed E-state index contributed by atoms with van der Waals surface area (Å²) in [6, 6.07) is 3.20. The third-order valence-corrected chi connectivity index (χ3v) is 2.19. The summed E-state index contributed by atoms with van der Waals surface area (Å²) in [4.78, 5) is 11.3. The van der Waals surface area contributed by atoms with Crippen LogP contribution < -0.4 is 11.2 Å². The van der Waals surface area contributed by atoms with E-state index in [0.29, 0.717) is 0 Å². The average molecular weight is 323 g/mol. The van der Waals surface area contributed by atoms with E-state index in [1.54, 1.807) is 11.3 Å². The van der Waals surface area contributed by atoms with Gasteiger partial charge in [0.25, 0.3) is 0 Å². The van der Waals surface area contributed by atoms with Gasteiger partial charge >= 0.3 is 27.1 Å². The van der Waals surface area contributed by atoms with Crippen molar-refractivity contribution in [2.75, 3.05) is 0 Å². The number of primary amides is 1. The van der Waals surface area contributed by atoms with Crippen molar-refractivity contribution < 1.29 is 25.8 Å². The van der Waals surface area contributed by atoms with Crippen molar-refractivity contribution in [1.29, 1.82) is 0 Å². The Balaban J connectivity index is -0.000000399. The Hall–Kier alpha value is -0.396. The predicted molar refractivity (Wildman–Crippen MR) is 64.4 cm³/mol. The fourth-order valence-electron chi connectivity index (χ4n) is 0.678. The molecule has 0 atom stereocenters. The van der Waals surface area contributed by atoms with Crippen molar-refractivity contribution in [3.8, 4) is 0 Å². The van der Waals surface area contributed by atoms with E-state index in [4.69, 9.17) is 9.41 Å². The molecule has 3 N–H and O–H groups in total. The van der Waals surface area contributed by atoms with Gasteiger partial charge in [-0.2, -0.15) is 5.10 Å². The van der Waals surface area contributed by atoms with Gasteiger partial charge in [-0.1, -0.05) is 6.07 Å². The molecule has 0 aliphatic heterocycles. The Morgan fingerprint density at radius 3 is 2.44 bits per heavy atom. The van der Waals surface area contributed by atoms with Gasteiger partial charge in [0, 0.05) is 4.88 Å². The van der Waals surface area contributed by atoms with Crippen LogP contribution in [0.2, 0.25) is 0 Å². The second-order valence-corrected chi connectivity index (χ2v) is 3.10. The number of urea groups is 1. The van der Waals surface area contributed by atoms with E-state index in [1.165, 1.54) is 0 Å². The van der Waals surface area contributed by atoms with Gasteiger partial charge in [0.15, 0.2) is 0 Å². The molecule has 5 nitrogen and oxygen atoms in total. The van der Waals surface area contributed by atoms with Crippen molar-refractivity contribution in [3.63, 3.8) is 0 Å². The summed E-state index contributed by atoms with van der Waals surface area (Å²) in [5.74, 6) is 0. The number of rotatable bonds is 2. The van der Waals surface area contributed by atoms with Gasteiger partial charge in [-0.3, -0.25) is 0 Å². The molecule has 1 heterocycles. The zero-order valence-electron chi connectivity index (χ0n) is 8.25. The van der Waals surface area contributed by atoms with E-state index < -0.39 is 6.03 Å². The summed E-state index contributed by atoms with van der Waals surface area (Å²) >= 11 is 2.62. The minimum atomic E-state index is -0.647. The molecule has 1 aromatic heterocycles. The van der Waals surface area contributed by atoms with Gasteiger partial charge in [-0.15, -0.1) is 36.2 Å². The van der Waals surface area contributed by atoms with Crippen LogP contribution in [0.3, 0.4) is 0 Å². The Kier molecular flexibility index (Phi) is 16.6. The van der Waals surface area contributed by atoms with Crippen LogP contribution in [0.1, 0.15) is 11.8 Å². The molecule has 0 bridgehead atoms. The van der Waals surface area contributed by atoms with Gasteiger partial charge in [0.1, 0.15) is 0 Å². The van der Waals surface area contributed by atoms with E-state index >= 15 is 0 Å². The number of nitrogens with two attached hydrogens (primary N) is 1. The van der Waals surface area contributed by atoms with Gasteiger partial charge in [0.05, 0.1) is 5.71 Å². The molecule has 2 amide bonds. The number of halogens is 2. The Labute approximate surface area is 119 Å². The summed E-state index contributed by atoms with van der Waals surface area (Å²) in [5.41, 5.74) is 7.76. The normalized spacial score (nSPS) is 8.62. The molecule has 9 heteroatoms. The molecule has 0 aliphatic rings. The topological polar surface area (TPSA) is 84.5 Å². The van der Waals surface area contributed by atoms with Gasteiger partial charge < -0.3 is 5.73 Å². The van der Waals surface area contributed by atoms with Crippen LogP contribution >= 0.6 is 36.2 Å². The molecular formula is C7H11Cl2N3O2SV. The van der Waals surface area contributed by atoms with Gasteiger partial charge in [-0.05, 0) is 18.4 Å². The molecule has 0 saturated carbocycles. The molecule has 0 unspecified atom stereocenters. The number of thiophene rings is 1. The zero-order valence-corrected chi connectivity index (χ0v) is 12.1. The molecular weight excluding hydrogens is 312 g/mol. The standard InChI is InChI=1S/C7H9N3OS.2ClH.O.V/c1-5(9-10-7(8)11)6-3-2-4-12-6;;;;/h2-4H,1H3,(H3,8,10,11);2*1H;;/b9-5-;;;;. The van der Waals surface area contributed by atoms with E-state index in [-0.39, 0.29) is 24.8 Å². The van der Waals surface area contributed by atoms with Crippen LogP contribution in [0, 0.1) is 0 Å². The van der Waals surface area contributed by atoms with Crippen molar-refractivity contribution >= 4 is 47.9 Å². The van der Waals surface area contributed by atoms with Crippen LogP contribution in [0.4, 0.5) is 4.79 Å². The quantitative estimate of drug-likeness (QED) is 0.643. The summed E-state index contributed by atoms with van der Waals surface area (Å²) in [6.45, 7) is 1.81. The molecule has 0 saturated heterocycles. The predicted octanol–water partition coefficient (Wildman–Crippen LogP) is 1.86. The molecule has 1 aromatic rings. The third kappa shape index (κ3) is 8.88. The molecule has 0 spiro atoms. The van der Waals surface area contributed by atoms with Crippen molar-refractivity contribution in [3.05, 3.63) is 22.4 Å². The fourth-order valence-corrected chi connectivity index (χ4v) is 1.36. The molecule has 0 aromatic carbocycles. The SMILES string of the molecule is C/C(=N/NC(N)=O)c1cccs1.Cl.Cl.[O]=[V]. The molecule has 0 fully saturated rings. The fraction of sp³-hybridized carbons (Fsp3) is 0.143. The second-order valence-electron chi connectivity index (χ2n) is 2.15. The summed E-state index contributed by atoms with van der Waals surface area (Å²) in [6.07, 6.45) is 0. The molecule has 0 aliphatic carbocycles. The Bertz CT molecular complexity index is 321. The number of amides is 2. The molecule has 0 radical (unpaired) electrons. The second kappa shape index (κ2) is 12.7. The van der Waals surface area contributed by atoms with E-state index in [2.05, 4.69) is 10.5 Å². The Morgan fingerprint density at radius 1 is 1.50 bits per heavy atom. The van der Waals surface area contributed by atoms with Gasteiger partial charge in [-0.25, -0.2) is 10.2 Å². The number of carbonyl (C=O) groups excluding carboxylic acids is 1. The maximum absolute atomic E-state index is 10.3. The van der Waals surface area contributed by atoms with Crippen molar-refractivity contribution in [1.82, 2.24) is 5.43 Å². The number of nitrogens with zero attached hydrogens (tertiary/aromatic N) is 1. The van der Waals surface area contributed by atoms with Crippen LogP contribution in [0.5, 0.6) is 0 Å². The summed E-state index contributed by atoms with van der Waals surface area (Å²) < 4.78 is 8.19. The first-order valence-electron chi connectivity index (χ1n) is 3.52. The first-order valence-corrected chi connectivity index (χ1v) is 4.97. The number of nitrogens with one attached hydrogen (secondary N) is 1. The summed E-state index contributed by atoms with van der Waals surface area (Å²) in [5, 5.41) is 5.71. The maximum atomic E-state index is 10.3. The van der Waals surface area contributed by atoms with Crippen LogP contribution in [-0.4, -0.2) is 11.7 Å². The average Bonchev–Trinajstić information content (AvgIpc) is 2.70. The molecule has 16 heavy (non-hydrogen) atoms. The monoisotopic (exact) mass is 322 g/mol. The summed E-state index contributed by atoms with van der Waals surface area (Å²) in [7, 11) is 0. The van der Waals surface area contributed by atoms with Crippen molar-refractivity contribution in [2.24, 2.45) is 10.8 Å².